The van der Waals surface area contributed by atoms with Crippen LogP contribution in [0.2, 0.25) is 0 Å². The first-order valence-electron chi connectivity index (χ1n) is 6.57. The van der Waals surface area contributed by atoms with Crippen LogP contribution in [0.1, 0.15) is 17.8 Å². The second kappa shape index (κ2) is 10.3. The van der Waals surface area contributed by atoms with Crippen molar-refractivity contribution in [2.24, 2.45) is 4.99 Å². The van der Waals surface area contributed by atoms with E-state index in [9.17, 15) is 13.2 Å². The summed E-state index contributed by atoms with van der Waals surface area (Å²) in [4.78, 5) is 6.47. The Hall–Kier alpha value is -0.550. The second-order valence-corrected chi connectivity index (χ2v) is 5.71. The maximum absolute atomic E-state index is 12.2. The molecule has 0 aromatic carbocycles. The Morgan fingerprint density at radius 2 is 2.14 bits per heavy atom. The molecule has 0 bridgehead atoms. The van der Waals surface area contributed by atoms with E-state index in [1.807, 2.05) is 24.4 Å². The van der Waals surface area contributed by atoms with Crippen molar-refractivity contribution in [2.45, 2.75) is 19.1 Å². The van der Waals surface area contributed by atoms with Gasteiger partial charge in [0.25, 0.3) is 0 Å². The summed E-state index contributed by atoms with van der Waals surface area (Å²) >= 11 is 1.64. The van der Waals surface area contributed by atoms with Gasteiger partial charge < -0.3 is 10.6 Å². The molecule has 0 saturated heterocycles. The average Bonchev–Trinajstić information content (AvgIpc) is 2.89. The number of rotatable bonds is 6. The molecule has 0 radical (unpaired) electrons. The topological polar surface area (TPSA) is 39.7 Å². The summed E-state index contributed by atoms with van der Waals surface area (Å²) in [5, 5.41) is 8.21. The number of halogens is 4. The van der Waals surface area contributed by atoms with Crippen molar-refractivity contribution >= 4 is 41.3 Å². The van der Waals surface area contributed by atoms with Crippen molar-refractivity contribution in [1.82, 2.24) is 15.5 Å². The van der Waals surface area contributed by atoms with E-state index in [0.717, 1.165) is 0 Å². The molecule has 0 aliphatic rings. The van der Waals surface area contributed by atoms with Crippen LogP contribution in [0, 0.1) is 0 Å². The van der Waals surface area contributed by atoms with Gasteiger partial charge in [-0.2, -0.15) is 13.2 Å². The van der Waals surface area contributed by atoms with Gasteiger partial charge in [0.15, 0.2) is 5.96 Å². The zero-order chi connectivity index (χ0) is 15.9. The Bertz CT molecular complexity index is 437. The zero-order valence-corrected chi connectivity index (χ0v) is 15.9. The molecule has 1 unspecified atom stereocenters. The van der Waals surface area contributed by atoms with Crippen LogP contribution in [0.5, 0.6) is 0 Å². The molecule has 1 aromatic rings. The molecule has 1 rings (SSSR count). The third-order valence-corrected chi connectivity index (χ3v) is 3.84. The molecule has 1 aromatic heterocycles. The van der Waals surface area contributed by atoms with E-state index in [1.54, 1.807) is 18.4 Å². The van der Waals surface area contributed by atoms with Crippen LogP contribution >= 0.6 is 35.3 Å². The van der Waals surface area contributed by atoms with Crippen LogP contribution in [0.15, 0.2) is 22.5 Å². The predicted molar refractivity (Wildman–Crippen MR) is 96.2 cm³/mol. The summed E-state index contributed by atoms with van der Waals surface area (Å²) in [6.07, 6.45) is -4.16. The first kappa shape index (κ1) is 21.4. The van der Waals surface area contributed by atoms with E-state index in [2.05, 4.69) is 15.6 Å². The molecular weight excluding hydrogens is 428 g/mol. The van der Waals surface area contributed by atoms with Crippen LogP contribution < -0.4 is 10.6 Å². The average molecular weight is 450 g/mol. The molecule has 2 N–H and O–H groups in total. The highest BCUT2D eigenvalue weighted by Crippen LogP contribution is 2.17. The van der Waals surface area contributed by atoms with Crippen LogP contribution in [0.3, 0.4) is 0 Å². The van der Waals surface area contributed by atoms with Crippen LogP contribution in [-0.2, 0) is 0 Å². The minimum Gasteiger partial charge on any atom is -0.355 e. The number of alkyl halides is 3. The fraction of sp³-hybridized carbons (Fsp3) is 0.615. The zero-order valence-electron chi connectivity index (χ0n) is 12.8. The number of hydrogen-bond acceptors (Lipinski definition) is 3. The Labute approximate surface area is 150 Å². The van der Waals surface area contributed by atoms with Gasteiger partial charge in [0.05, 0.1) is 12.6 Å². The van der Waals surface area contributed by atoms with Crippen molar-refractivity contribution in [3.8, 4) is 0 Å². The van der Waals surface area contributed by atoms with Gasteiger partial charge in [-0.1, -0.05) is 6.07 Å². The molecule has 0 fully saturated rings. The molecule has 22 heavy (non-hydrogen) atoms. The Kier molecular flexibility index (Phi) is 10.0. The van der Waals surface area contributed by atoms with Crippen molar-refractivity contribution in [2.75, 3.05) is 33.7 Å². The number of guanidine groups is 1. The Morgan fingerprint density at radius 1 is 1.45 bits per heavy atom. The van der Waals surface area contributed by atoms with E-state index < -0.39 is 12.7 Å². The summed E-state index contributed by atoms with van der Waals surface area (Å²) < 4.78 is 36.6. The maximum Gasteiger partial charge on any atom is 0.401 e. The van der Waals surface area contributed by atoms with Crippen molar-refractivity contribution in [3.05, 3.63) is 22.4 Å². The lowest BCUT2D eigenvalue weighted by molar-refractivity contribution is -0.142. The Morgan fingerprint density at radius 3 is 2.64 bits per heavy atom. The fourth-order valence-corrected chi connectivity index (χ4v) is 2.49. The van der Waals surface area contributed by atoms with E-state index in [4.69, 9.17) is 0 Å². The number of nitrogens with one attached hydrogen (secondary N) is 2. The van der Waals surface area contributed by atoms with E-state index in [1.165, 1.54) is 16.8 Å². The summed E-state index contributed by atoms with van der Waals surface area (Å²) in [6, 6.07) is 4.09. The fourth-order valence-electron chi connectivity index (χ4n) is 1.76. The van der Waals surface area contributed by atoms with Gasteiger partial charge in [0.1, 0.15) is 0 Å². The molecule has 0 aliphatic carbocycles. The van der Waals surface area contributed by atoms with Gasteiger partial charge in [0.2, 0.25) is 0 Å². The quantitative estimate of drug-likeness (QED) is 0.398. The van der Waals surface area contributed by atoms with Crippen LogP contribution in [0.4, 0.5) is 13.2 Å². The predicted octanol–water partition coefficient (Wildman–Crippen LogP) is 3.09. The summed E-state index contributed by atoms with van der Waals surface area (Å²) in [6.45, 7) is 1.78. The number of likely N-dealkylation sites (N-methyl/N-ethyl adjacent to an activating group) is 1. The first-order chi connectivity index (χ1) is 9.81. The molecule has 128 valence electrons. The van der Waals surface area contributed by atoms with Crippen LogP contribution in [0.25, 0.3) is 0 Å². The molecule has 0 amide bonds. The largest absolute Gasteiger partial charge is 0.401 e. The second-order valence-electron chi connectivity index (χ2n) is 4.73. The molecule has 1 heterocycles. The third-order valence-electron chi connectivity index (χ3n) is 2.78. The monoisotopic (exact) mass is 450 g/mol. The molecular formula is C13H22F3IN4S. The lowest BCUT2D eigenvalue weighted by Gasteiger charge is -2.20. The van der Waals surface area contributed by atoms with Gasteiger partial charge in [0, 0.05) is 25.0 Å². The third kappa shape index (κ3) is 8.79. The van der Waals surface area contributed by atoms with E-state index in [0.29, 0.717) is 12.5 Å². The van der Waals surface area contributed by atoms with E-state index in [-0.39, 0.29) is 36.6 Å². The standard InChI is InChI=1S/C13H21F3N4S.HI/c1-10(11-5-4-8-21-11)19-12(17-2)18-6-7-20(3)9-13(14,15)16;/h4-5,8,10H,6-7,9H2,1-3H3,(H2,17,18,19);1H. The van der Waals surface area contributed by atoms with Gasteiger partial charge in [-0.25, -0.2) is 0 Å². The highest BCUT2D eigenvalue weighted by molar-refractivity contribution is 14.0. The molecule has 9 heteroatoms. The summed E-state index contributed by atoms with van der Waals surface area (Å²) in [7, 11) is 3.08. The molecule has 0 aliphatic heterocycles. The van der Waals surface area contributed by atoms with Gasteiger partial charge >= 0.3 is 6.18 Å². The lowest BCUT2D eigenvalue weighted by Crippen LogP contribution is -2.43. The molecule has 0 saturated carbocycles. The molecule has 0 spiro atoms. The van der Waals surface area contributed by atoms with Crippen molar-refractivity contribution in [1.29, 1.82) is 0 Å². The number of thiophene rings is 1. The lowest BCUT2D eigenvalue weighted by atomic mass is 10.3. The summed E-state index contributed by atoms with van der Waals surface area (Å²) in [5.74, 6) is 0.580. The van der Waals surface area contributed by atoms with Crippen molar-refractivity contribution < 1.29 is 13.2 Å². The number of nitrogens with zero attached hydrogens (tertiary/aromatic N) is 2. The van der Waals surface area contributed by atoms with Gasteiger partial charge in [-0.05, 0) is 25.4 Å². The van der Waals surface area contributed by atoms with Crippen LogP contribution in [-0.4, -0.2) is 50.8 Å². The number of aliphatic imine (C=N–C) groups is 1. The maximum atomic E-state index is 12.2. The first-order valence-corrected chi connectivity index (χ1v) is 7.45. The number of hydrogen-bond donors (Lipinski definition) is 2. The van der Waals surface area contributed by atoms with Gasteiger partial charge in [-0.15, -0.1) is 35.3 Å². The Balaban J connectivity index is 0.00000441. The molecule has 4 nitrogen and oxygen atoms in total. The molecule has 1 atom stereocenters. The summed E-state index contributed by atoms with van der Waals surface area (Å²) in [5.41, 5.74) is 0. The van der Waals surface area contributed by atoms with Crippen molar-refractivity contribution in [3.63, 3.8) is 0 Å². The highest BCUT2D eigenvalue weighted by atomic mass is 127. The van der Waals surface area contributed by atoms with E-state index >= 15 is 0 Å². The smallest absolute Gasteiger partial charge is 0.355 e. The minimum absolute atomic E-state index is 0. The minimum atomic E-state index is -4.16. The normalized spacial score (nSPS) is 13.7. The SMILES string of the molecule is CN=C(NCCN(C)CC(F)(F)F)NC(C)c1cccs1.I. The highest BCUT2D eigenvalue weighted by Gasteiger charge is 2.28. The van der Waals surface area contributed by atoms with Gasteiger partial charge in [-0.3, -0.25) is 9.89 Å².